The number of nitrogens with zero attached hydrogens (tertiary/aromatic N) is 2. The first-order valence-electron chi connectivity index (χ1n) is 2.98. The molecule has 0 saturated heterocycles. The van der Waals surface area contributed by atoms with E-state index in [1.165, 1.54) is 18.7 Å². The maximum Gasteiger partial charge on any atom is 0.419 e. The van der Waals surface area contributed by atoms with Crippen LogP contribution in [0.5, 0.6) is 0 Å². The largest absolute Gasteiger partial charge is 0.419 e. The molecule has 70 valence electrons. The van der Waals surface area contributed by atoms with E-state index in [0.717, 1.165) is 6.20 Å². The number of alkyl halides is 3. The molecule has 0 amide bonds. The zero-order valence-corrected chi connectivity index (χ0v) is 6.81. The first-order valence-corrected chi connectivity index (χ1v) is 2.98. The van der Waals surface area contributed by atoms with Crippen molar-refractivity contribution in [1.29, 1.82) is 0 Å². The third kappa shape index (κ3) is 1.76. The molecule has 1 rings (SSSR count). The van der Waals surface area contributed by atoms with Crippen LogP contribution in [0.4, 0.5) is 13.2 Å². The van der Waals surface area contributed by atoms with Crippen LogP contribution in [0.1, 0.15) is 11.3 Å². The van der Waals surface area contributed by atoms with Crippen LogP contribution in [0, 0.1) is 6.92 Å². The van der Waals surface area contributed by atoms with Gasteiger partial charge in [-0.25, -0.2) is 0 Å². The van der Waals surface area contributed by atoms with Gasteiger partial charge in [0.2, 0.25) is 0 Å². The Morgan fingerprint density at radius 1 is 1.42 bits per heavy atom. The summed E-state index contributed by atoms with van der Waals surface area (Å²) in [6, 6.07) is 0. The number of hydrogen-bond acceptors (Lipinski definition) is 2. The van der Waals surface area contributed by atoms with Gasteiger partial charge in [0.05, 0.1) is 11.8 Å². The molecule has 0 atom stereocenters. The molecule has 0 aliphatic rings. The number of hydrogen-bond donors (Lipinski definition) is 1. The van der Waals surface area contributed by atoms with Crippen molar-refractivity contribution in [3.8, 4) is 0 Å². The van der Waals surface area contributed by atoms with Gasteiger partial charge in [0.25, 0.3) is 0 Å². The second kappa shape index (κ2) is 3.14. The first-order chi connectivity index (χ1) is 4.93. The van der Waals surface area contributed by atoms with Crippen molar-refractivity contribution < 1.29 is 13.2 Å². The van der Waals surface area contributed by atoms with E-state index in [9.17, 15) is 13.2 Å². The highest BCUT2D eigenvalue weighted by Gasteiger charge is 2.34. The van der Waals surface area contributed by atoms with Crippen LogP contribution in [0.3, 0.4) is 0 Å². The fraction of sp³-hybridized carbons (Fsp3) is 0.500. The van der Waals surface area contributed by atoms with E-state index in [2.05, 4.69) is 5.10 Å². The molecule has 12 heavy (non-hydrogen) atoms. The third-order valence-electron chi connectivity index (χ3n) is 1.54. The Bertz CT molecular complexity index is 263. The van der Waals surface area contributed by atoms with E-state index in [1.807, 2.05) is 0 Å². The summed E-state index contributed by atoms with van der Waals surface area (Å²) in [7, 11) is 1.48. The second-order valence-corrected chi connectivity index (χ2v) is 2.27. The van der Waals surface area contributed by atoms with Crippen molar-refractivity contribution in [2.45, 2.75) is 13.1 Å². The fourth-order valence-electron chi connectivity index (χ4n) is 0.777. The molecule has 0 saturated carbocycles. The van der Waals surface area contributed by atoms with E-state index in [0.29, 0.717) is 0 Å². The Kier molecular flexibility index (Phi) is 2.87. The van der Waals surface area contributed by atoms with Gasteiger partial charge in [0, 0.05) is 12.7 Å². The molecule has 0 unspecified atom stereocenters. The Balaban J connectivity index is 0.00000121. The summed E-state index contributed by atoms with van der Waals surface area (Å²) in [5.41, 5.74) is -0.530. The lowest BCUT2D eigenvalue weighted by Crippen LogP contribution is -2.06. The summed E-state index contributed by atoms with van der Waals surface area (Å²) in [5.74, 6) is 0. The normalized spacial score (nSPS) is 11.1. The van der Waals surface area contributed by atoms with Crippen molar-refractivity contribution in [2.24, 2.45) is 7.05 Å². The van der Waals surface area contributed by atoms with Gasteiger partial charge in [0.15, 0.2) is 0 Å². The van der Waals surface area contributed by atoms with Gasteiger partial charge in [-0.1, -0.05) is 0 Å². The lowest BCUT2D eigenvalue weighted by molar-refractivity contribution is -0.138. The van der Waals surface area contributed by atoms with Crippen molar-refractivity contribution in [1.82, 2.24) is 15.9 Å². The maximum absolute atomic E-state index is 12.0. The molecule has 1 aromatic heterocycles. The Morgan fingerprint density at radius 2 is 1.92 bits per heavy atom. The van der Waals surface area contributed by atoms with Crippen molar-refractivity contribution in [3.05, 3.63) is 17.5 Å². The lowest BCUT2D eigenvalue weighted by Gasteiger charge is -2.03. The SMILES string of the molecule is Cc1c(C(F)(F)F)cnn1C.N. The zero-order valence-electron chi connectivity index (χ0n) is 6.81. The quantitative estimate of drug-likeness (QED) is 0.664. The van der Waals surface area contributed by atoms with Crippen LogP contribution in [0.2, 0.25) is 0 Å². The summed E-state index contributed by atoms with van der Waals surface area (Å²) >= 11 is 0. The van der Waals surface area contributed by atoms with Crippen molar-refractivity contribution in [3.63, 3.8) is 0 Å². The summed E-state index contributed by atoms with van der Waals surface area (Å²) < 4.78 is 37.2. The zero-order chi connectivity index (χ0) is 8.65. The highest BCUT2D eigenvalue weighted by molar-refractivity contribution is 5.18. The minimum atomic E-state index is -4.28. The predicted molar refractivity (Wildman–Crippen MR) is 38.0 cm³/mol. The monoisotopic (exact) mass is 181 g/mol. The number of aryl methyl sites for hydroxylation is 1. The first kappa shape index (κ1) is 11.0. The standard InChI is InChI=1S/C6H7F3N2.H3N/c1-4-5(6(7,8)9)3-10-11(4)2;/h3H,1-2H3;1H3. The van der Waals surface area contributed by atoms with Gasteiger partial charge in [0.1, 0.15) is 0 Å². The molecule has 0 radical (unpaired) electrons. The molecule has 0 aromatic carbocycles. The summed E-state index contributed by atoms with van der Waals surface area (Å²) in [5, 5.41) is 3.48. The average molecular weight is 181 g/mol. The molecular weight excluding hydrogens is 171 g/mol. The van der Waals surface area contributed by atoms with Gasteiger partial charge in [-0.2, -0.15) is 18.3 Å². The van der Waals surface area contributed by atoms with Crippen molar-refractivity contribution >= 4 is 0 Å². The van der Waals surface area contributed by atoms with Gasteiger partial charge < -0.3 is 6.15 Å². The second-order valence-electron chi connectivity index (χ2n) is 2.27. The van der Waals surface area contributed by atoms with Crippen LogP contribution in [0.25, 0.3) is 0 Å². The maximum atomic E-state index is 12.0. The Morgan fingerprint density at radius 3 is 2.08 bits per heavy atom. The van der Waals surface area contributed by atoms with Crippen LogP contribution in [0.15, 0.2) is 6.20 Å². The molecule has 1 aromatic rings. The molecule has 0 aliphatic carbocycles. The highest BCUT2D eigenvalue weighted by Crippen LogP contribution is 2.30. The van der Waals surface area contributed by atoms with E-state index < -0.39 is 11.7 Å². The lowest BCUT2D eigenvalue weighted by atomic mass is 10.2. The van der Waals surface area contributed by atoms with Gasteiger partial charge in [-0.3, -0.25) is 4.68 Å². The average Bonchev–Trinajstić information content (AvgIpc) is 2.11. The predicted octanol–water partition coefficient (Wildman–Crippen LogP) is 1.91. The van der Waals surface area contributed by atoms with E-state index >= 15 is 0 Å². The number of aromatic nitrogens is 2. The molecule has 6 heteroatoms. The summed E-state index contributed by atoms with van der Waals surface area (Å²) in [4.78, 5) is 0. The molecule has 0 aliphatic heterocycles. The van der Waals surface area contributed by atoms with E-state index in [1.54, 1.807) is 0 Å². The molecule has 0 fully saturated rings. The third-order valence-corrected chi connectivity index (χ3v) is 1.54. The molecule has 3 nitrogen and oxygen atoms in total. The van der Waals surface area contributed by atoms with Crippen molar-refractivity contribution in [2.75, 3.05) is 0 Å². The molecule has 0 spiro atoms. The van der Waals surface area contributed by atoms with Gasteiger partial charge >= 0.3 is 6.18 Å². The van der Waals surface area contributed by atoms with Crippen LogP contribution in [-0.4, -0.2) is 9.78 Å². The fourth-order valence-corrected chi connectivity index (χ4v) is 0.777. The minimum absolute atomic E-state index is 0. The number of rotatable bonds is 0. The topological polar surface area (TPSA) is 52.8 Å². The molecule has 3 N–H and O–H groups in total. The van der Waals surface area contributed by atoms with E-state index in [4.69, 9.17) is 0 Å². The molecule has 1 heterocycles. The van der Waals surface area contributed by atoms with E-state index in [-0.39, 0.29) is 11.8 Å². The van der Waals surface area contributed by atoms with Crippen LogP contribution < -0.4 is 6.15 Å². The molecule has 0 bridgehead atoms. The molecular formula is C6H10F3N3. The van der Waals surface area contributed by atoms with Crippen LogP contribution >= 0.6 is 0 Å². The van der Waals surface area contributed by atoms with Gasteiger partial charge in [-0.15, -0.1) is 0 Å². The smallest absolute Gasteiger partial charge is 0.344 e. The minimum Gasteiger partial charge on any atom is -0.344 e. The summed E-state index contributed by atoms with van der Waals surface area (Å²) in [6.07, 6.45) is -3.45. The van der Waals surface area contributed by atoms with Gasteiger partial charge in [-0.05, 0) is 6.92 Å². The highest BCUT2D eigenvalue weighted by atomic mass is 19.4. The number of halogens is 3. The Hall–Kier alpha value is -1.04. The summed E-state index contributed by atoms with van der Waals surface area (Å²) in [6.45, 7) is 1.38. The Labute approximate surface area is 67.8 Å². The van der Waals surface area contributed by atoms with Crippen LogP contribution in [-0.2, 0) is 13.2 Å².